The molecule has 1 unspecified atom stereocenters. The highest BCUT2D eigenvalue weighted by Crippen LogP contribution is 2.27. The van der Waals surface area contributed by atoms with E-state index in [0.29, 0.717) is 23.0 Å². The number of benzene rings is 1. The van der Waals surface area contributed by atoms with Crippen LogP contribution in [0.25, 0.3) is 0 Å². The van der Waals surface area contributed by atoms with Crippen molar-refractivity contribution in [1.29, 1.82) is 0 Å². The molecule has 1 rings (SSSR count). The zero-order chi connectivity index (χ0) is 16.0. The molecule has 21 heavy (non-hydrogen) atoms. The summed E-state index contributed by atoms with van der Waals surface area (Å²) in [7, 11) is 1.49. The predicted molar refractivity (Wildman–Crippen MR) is 81.1 cm³/mol. The van der Waals surface area contributed by atoms with E-state index >= 15 is 0 Å². The first kappa shape index (κ1) is 17.1. The summed E-state index contributed by atoms with van der Waals surface area (Å²) in [4.78, 5) is 24.4. The highest BCUT2D eigenvalue weighted by atomic mass is 35.5. The summed E-state index contributed by atoms with van der Waals surface area (Å²) in [6.07, 6.45) is -0.106. The zero-order valence-corrected chi connectivity index (χ0v) is 13.0. The first-order valence-corrected chi connectivity index (χ1v) is 6.89. The number of carbonyl (C=O) groups is 2. The fraction of sp³-hybridized carbons (Fsp3) is 0.429. The van der Waals surface area contributed by atoms with E-state index in [4.69, 9.17) is 21.4 Å². The summed E-state index contributed by atoms with van der Waals surface area (Å²) in [5, 5.41) is 12.0. The van der Waals surface area contributed by atoms with E-state index in [9.17, 15) is 9.59 Å². The highest BCUT2D eigenvalue weighted by Gasteiger charge is 2.21. The molecule has 0 aliphatic carbocycles. The molecule has 0 aromatic heterocycles. The lowest BCUT2D eigenvalue weighted by molar-refractivity contribution is -0.137. The first-order valence-electron chi connectivity index (χ1n) is 6.52. The van der Waals surface area contributed by atoms with Crippen molar-refractivity contribution in [3.8, 4) is 5.75 Å². The molecule has 0 radical (unpaired) electrons. The Kier molecular flexibility index (Phi) is 6.30. The molecule has 0 heterocycles. The van der Waals surface area contributed by atoms with E-state index in [2.05, 4.69) is 5.32 Å². The fourth-order valence-electron chi connectivity index (χ4n) is 1.95. The summed E-state index contributed by atoms with van der Waals surface area (Å²) < 4.78 is 5.08. The molecule has 1 aromatic rings. The molecule has 0 saturated heterocycles. The number of methoxy groups -OCH3 is 1. The summed E-state index contributed by atoms with van der Waals surface area (Å²) >= 11 is 5.92. The van der Waals surface area contributed by atoms with Gasteiger partial charge in [0, 0.05) is 24.3 Å². The van der Waals surface area contributed by atoms with Crippen LogP contribution in [0.15, 0.2) is 18.2 Å². The van der Waals surface area contributed by atoms with Gasteiger partial charge < -0.3 is 20.1 Å². The van der Waals surface area contributed by atoms with Crippen LogP contribution in [0.1, 0.15) is 20.3 Å². The zero-order valence-electron chi connectivity index (χ0n) is 12.2. The van der Waals surface area contributed by atoms with Crippen LogP contribution >= 0.6 is 11.6 Å². The standard InChI is InChI=1S/C14H19ClN2O4/c1-4-17(9(2)7-13(18)19)14(20)16-10-5-6-11(15)12(8-10)21-3/h5-6,8-9H,4,7H2,1-3H3,(H,16,20)(H,18,19). The number of nitrogens with one attached hydrogen (secondary N) is 1. The number of nitrogens with zero attached hydrogens (tertiary/aromatic N) is 1. The largest absolute Gasteiger partial charge is 0.495 e. The molecule has 0 fully saturated rings. The van der Waals surface area contributed by atoms with Crippen LogP contribution in [0.4, 0.5) is 10.5 Å². The smallest absolute Gasteiger partial charge is 0.322 e. The van der Waals surface area contributed by atoms with Crippen LogP contribution in [0.3, 0.4) is 0 Å². The molecule has 7 heteroatoms. The Morgan fingerprint density at radius 2 is 2.14 bits per heavy atom. The minimum Gasteiger partial charge on any atom is -0.495 e. The number of anilines is 1. The van der Waals surface area contributed by atoms with Crippen LogP contribution in [0, 0.1) is 0 Å². The Morgan fingerprint density at radius 3 is 2.67 bits per heavy atom. The molecule has 0 bridgehead atoms. The molecular formula is C14H19ClN2O4. The van der Waals surface area contributed by atoms with Crippen molar-refractivity contribution in [1.82, 2.24) is 4.90 Å². The number of carboxylic acids is 1. The van der Waals surface area contributed by atoms with Gasteiger partial charge in [0.2, 0.25) is 0 Å². The number of aliphatic carboxylic acids is 1. The van der Waals surface area contributed by atoms with E-state index in [1.807, 2.05) is 0 Å². The number of ether oxygens (including phenoxy) is 1. The van der Waals surface area contributed by atoms with E-state index < -0.39 is 12.0 Å². The van der Waals surface area contributed by atoms with Gasteiger partial charge >= 0.3 is 12.0 Å². The lowest BCUT2D eigenvalue weighted by Crippen LogP contribution is -2.42. The average Bonchev–Trinajstić information content (AvgIpc) is 2.40. The first-order chi connectivity index (χ1) is 9.88. The molecular weight excluding hydrogens is 296 g/mol. The van der Waals surface area contributed by atoms with Gasteiger partial charge in [-0.05, 0) is 26.0 Å². The molecule has 2 N–H and O–H groups in total. The minimum atomic E-state index is -0.943. The van der Waals surface area contributed by atoms with Gasteiger partial charge in [0.15, 0.2) is 0 Å². The maximum Gasteiger partial charge on any atom is 0.322 e. The quantitative estimate of drug-likeness (QED) is 0.845. The molecule has 0 aliphatic rings. The molecule has 0 spiro atoms. The van der Waals surface area contributed by atoms with Crippen LogP contribution in [-0.2, 0) is 4.79 Å². The SMILES string of the molecule is CCN(C(=O)Nc1ccc(Cl)c(OC)c1)C(C)CC(=O)O. The lowest BCUT2D eigenvalue weighted by Gasteiger charge is -2.27. The van der Waals surface area contributed by atoms with Crippen LogP contribution in [-0.4, -0.2) is 41.7 Å². The minimum absolute atomic E-state index is 0.106. The summed E-state index contributed by atoms with van der Waals surface area (Å²) in [6, 6.07) is 4.11. The van der Waals surface area contributed by atoms with Gasteiger partial charge in [-0.3, -0.25) is 4.79 Å². The number of urea groups is 1. The van der Waals surface area contributed by atoms with Crippen molar-refractivity contribution in [3.63, 3.8) is 0 Å². The van der Waals surface area contributed by atoms with Gasteiger partial charge in [-0.1, -0.05) is 11.6 Å². The van der Waals surface area contributed by atoms with Gasteiger partial charge in [-0.25, -0.2) is 4.79 Å². The lowest BCUT2D eigenvalue weighted by atomic mass is 10.2. The Bertz CT molecular complexity index is 522. The van der Waals surface area contributed by atoms with Crippen molar-refractivity contribution in [2.24, 2.45) is 0 Å². The number of halogens is 1. The summed E-state index contributed by atoms with van der Waals surface area (Å²) in [6.45, 7) is 3.89. The maximum atomic E-state index is 12.2. The van der Waals surface area contributed by atoms with Crippen LogP contribution in [0.5, 0.6) is 5.75 Å². The fourth-order valence-corrected chi connectivity index (χ4v) is 2.15. The van der Waals surface area contributed by atoms with Crippen LogP contribution in [0.2, 0.25) is 5.02 Å². The van der Waals surface area contributed by atoms with Gasteiger partial charge in [-0.15, -0.1) is 0 Å². The molecule has 1 atom stereocenters. The van der Waals surface area contributed by atoms with E-state index in [-0.39, 0.29) is 12.5 Å². The summed E-state index contributed by atoms with van der Waals surface area (Å²) in [5.41, 5.74) is 0.530. The van der Waals surface area contributed by atoms with Crippen LogP contribution < -0.4 is 10.1 Å². The Labute approximate surface area is 128 Å². The average molecular weight is 315 g/mol. The molecule has 116 valence electrons. The second-order valence-electron chi connectivity index (χ2n) is 4.51. The van der Waals surface area contributed by atoms with E-state index in [1.54, 1.807) is 32.0 Å². The Balaban J connectivity index is 2.80. The molecule has 6 nitrogen and oxygen atoms in total. The number of hydrogen-bond donors (Lipinski definition) is 2. The third-order valence-corrected chi connectivity index (χ3v) is 3.32. The van der Waals surface area contributed by atoms with Crippen molar-refractivity contribution in [2.75, 3.05) is 19.0 Å². The van der Waals surface area contributed by atoms with Gasteiger partial charge in [-0.2, -0.15) is 0 Å². The second-order valence-corrected chi connectivity index (χ2v) is 4.92. The second kappa shape index (κ2) is 7.73. The van der Waals surface area contributed by atoms with E-state index in [0.717, 1.165) is 0 Å². The normalized spacial score (nSPS) is 11.6. The van der Waals surface area contributed by atoms with Crippen molar-refractivity contribution in [3.05, 3.63) is 23.2 Å². The highest BCUT2D eigenvalue weighted by molar-refractivity contribution is 6.32. The number of carboxylic acid groups (broad SMARTS) is 1. The monoisotopic (exact) mass is 314 g/mol. The number of amides is 2. The number of rotatable bonds is 6. The topological polar surface area (TPSA) is 78.9 Å². The molecule has 2 amide bonds. The molecule has 1 aromatic carbocycles. The maximum absolute atomic E-state index is 12.2. The molecule has 0 aliphatic heterocycles. The third kappa shape index (κ3) is 4.82. The summed E-state index contributed by atoms with van der Waals surface area (Å²) in [5.74, 6) is -0.488. The number of carbonyl (C=O) groups excluding carboxylic acids is 1. The van der Waals surface area contributed by atoms with Crippen molar-refractivity contribution in [2.45, 2.75) is 26.3 Å². The molecule has 0 saturated carbocycles. The number of hydrogen-bond acceptors (Lipinski definition) is 3. The van der Waals surface area contributed by atoms with Gasteiger partial charge in [0.05, 0.1) is 18.6 Å². The van der Waals surface area contributed by atoms with Gasteiger partial charge in [0.1, 0.15) is 5.75 Å². The van der Waals surface area contributed by atoms with Crippen molar-refractivity contribution < 1.29 is 19.4 Å². The predicted octanol–water partition coefficient (Wildman–Crippen LogP) is 3.07. The van der Waals surface area contributed by atoms with E-state index in [1.165, 1.54) is 12.0 Å². The Morgan fingerprint density at radius 1 is 1.48 bits per heavy atom. The van der Waals surface area contributed by atoms with Gasteiger partial charge in [0.25, 0.3) is 0 Å². The van der Waals surface area contributed by atoms with Crippen molar-refractivity contribution >= 4 is 29.3 Å². The third-order valence-electron chi connectivity index (χ3n) is 3.01. The Hall–Kier alpha value is -1.95.